The summed E-state index contributed by atoms with van der Waals surface area (Å²) in [5.41, 5.74) is 5.88. The smallest absolute Gasteiger partial charge is 0.221 e. The van der Waals surface area contributed by atoms with Gasteiger partial charge in [0.25, 0.3) is 0 Å². The van der Waals surface area contributed by atoms with E-state index in [1.54, 1.807) is 0 Å². The van der Waals surface area contributed by atoms with Crippen molar-refractivity contribution in [1.29, 1.82) is 0 Å². The third-order valence-electron chi connectivity index (χ3n) is 4.91. The first kappa shape index (κ1) is 12.4. The van der Waals surface area contributed by atoms with E-state index >= 15 is 0 Å². The second-order valence-electron chi connectivity index (χ2n) is 6.34. The van der Waals surface area contributed by atoms with Gasteiger partial charge in [0.2, 0.25) is 5.91 Å². The van der Waals surface area contributed by atoms with Gasteiger partial charge in [-0.1, -0.05) is 6.42 Å². The summed E-state index contributed by atoms with van der Waals surface area (Å²) in [4.78, 5) is 14.3. The van der Waals surface area contributed by atoms with E-state index in [0.717, 1.165) is 24.7 Å². The average molecular weight is 251 g/mol. The Balaban J connectivity index is 1.50. The Morgan fingerprint density at radius 3 is 2.44 bits per heavy atom. The van der Waals surface area contributed by atoms with Crippen molar-refractivity contribution >= 4 is 5.91 Å². The number of hydrogen-bond acceptors (Lipinski definition) is 3. The second-order valence-corrected chi connectivity index (χ2v) is 6.34. The van der Waals surface area contributed by atoms with Crippen LogP contribution in [-0.4, -0.2) is 42.5 Å². The van der Waals surface area contributed by atoms with E-state index in [1.165, 1.54) is 32.4 Å². The molecule has 1 amide bonds. The fourth-order valence-electron chi connectivity index (χ4n) is 3.66. The van der Waals surface area contributed by atoms with E-state index in [0.29, 0.717) is 19.0 Å². The first-order valence-corrected chi connectivity index (χ1v) is 7.49. The van der Waals surface area contributed by atoms with Crippen LogP contribution in [-0.2, 0) is 4.79 Å². The zero-order valence-electron chi connectivity index (χ0n) is 11.1. The average Bonchev–Trinajstić information content (AvgIpc) is 2.89. The number of carbonyl (C=O) groups excluding carboxylic acids is 1. The van der Waals surface area contributed by atoms with Gasteiger partial charge in [-0.05, 0) is 37.5 Å². The van der Waals surface area contributed by atoms with Crippen LogP contribution in [0.4, 0.5) is 0 Å². The molecule has 102 valence electrons. The van der Waals surface area contributed by atoms with Crippen LogP contribution in [0.3, 0.4) is 0 Å². The number of nitrogens with zero attached hydrogens (tertiary/aromatic N) is 1. The number of carbonyl (C=O) groups is 1. The number of amides is 1. The van der Waals surface area contributed by atoms with Gasteiger partial charge in [-0.3, -0.25) is 9.69 Å². The highest BCUT2D eigenvalue weighted by Gasteiger charge is 2.38. The Morgan fingerprint density at radius 2 is 1.89 bits per heavy atom. The lowest BCUT2D eigenvalue weighted by molar-refractivity contribution is -0.122. The van der Waals surface area contributed by atoms with Gasteiger partial charge >= 0.3 is 0 Å². The fourth-order valence-corrected chi connectivity index (χ4v) is 3.66. The molecule has 3 atom stereocenters. The Morgan fingerprint density at radius 1 is 1.22 bits per heavy atom. The lowest BCUT2D eigenvalue weighted by Crippen LogP contribution is -2.43. The Hall–Kier alpha value is -0.610. The molecule has 3 fully saturated rings. The lowest BCUT2D eigenvalue weighted by Gasteiger charge is -2.27. The minimum atomic E-state index is 0.199. The molecule has 3 aliphatic rings. The van der Waals surface area contributed by atoms with Crippen molar-refractivity contribution in [3.63, 3.8) is 0 Å². The van der Waals surface area contributed by atoms with Crippen molar-refractivity contribution in [3.05, 3.63) is 0 Å². The van der Waals surface area contributed by atoms with Crippen LogP contribution >= 0.6 is 0 Å². The monoisotopic (exact) mass is 251 g/mol. The normalized spacial score (nSPS) is 33.4. The van der Waals surface area contributed by atoms with Gasteiger partial charge in [0.1, 0.15) is 0 Å². The minimum absolute atomic E-state index is 0.199. The molecular formula is C14H25N3O. The predicted octanol–water partition coefficient (Wildman–Crippen LogP) is 0.714. The van der Waals surface area contributed by atoms with Crippen LogP contribution in [0.1, 0.15) is 38.5 Å². The van der Waals surface area contributed by atoms with Crippen molar-refractivity contribution in [2.75, 3.05) is 19.6 Å². The molecule has 1 heterocycles. The van der Waals surface area contributed by atoms with Crippen molar-refractivity contribution in [3.8, 4) is 0 Å². The van der Waals surface area contributed by atoms with Crippen LogP contribution in [0.2, 0.25) is 0 Å². The molecule has 3 N–H and O–H groups in total. The molecule has 2 saturated carbocycles. The molecule has 1 aliphatic heterocycles. The van der Waals surface area contributed by atoms with Crippen LogP contribution in [0.15, 0.2) is 0 Å². The van der Waals surface area contributed by atoms with Gasteiger partial charge in [-0.2, -0.15) is 0 Å². The molecule has 3 unspecified atom stereocenters. The van der Waals surface area contributed by atoms with Gasteiger partial charge < -0.3 is 11.1 Å². The fraction of sp³-hybridized carbons (Fsp3) is 0.929. The molecule has 18 heavy (non-hydrogen) atoms. The van der Waals surface area contributed by atoms with Crippen LogP contribution in [0.25, 0.3) is 0 Å². The van der Waals surface area contributed by atoms with E-state index in [1.807, 2.05) is 0 Å². The number of nitrogens with one attached hydrogen (secondary N) is 1. The second kappa shape index (κ2) is 5.17. The molecule has 0 spiro atoms. The molecule has 1 saturated heterocycles. The van der Waals surface area contributed by atoms with Gasteiger partial charge in [-0.15, -0.1) is 0 Å². The summed E-state index contributed by atoms with van der Waals surface area (Å²) in [5, 5.41) is 3.07. The summed E-state index contributed by atoms with van der Waals surface area (Å²) in [6.45, 7) is 2.95. The summed E-state index contributed by atoms with van der Waals surface area (Å²) in [6.07, 6.45) is 7.07. The van der Waals surface area contributed by atoms with E-state index in [2.05, 4.69) is 10.2 Å². The SMILES string of the molecule is NCC(CC(=O)NC1CC1)N1CC2CCCC2C1. The first-order valence-electron chi connectivity index (χ1n) is 7.49. The van der Waals surface area contributed by atoms with Crippen molar-refractivity contribution in [1.82, 2.24) is 10.2 Å². The molecule has 0 aromatic heterocycles. The van der Waals surface area contributed by atoms with E-state index in [4.69, 9.17) is 5.73 Å². The maximum atomic E-state index is 11.9. The highest BCUT2D eigenvalue weighted by Crippen LogP contribution is 2.38. The highest BCUT2D eigenvalue weighted by molar-refractivity contribution is 5.77. The maximum Gasteiger partial charge on any atom is 0.221 e. The molecule has 4 heteroatoms. The van der Waals surface area contributed by atoms with Gasteiger partial charge in [0, 0.05) is 38.1 Å². The van der Waals surface area contributed by atoms with Crippen molar-refractivity contribution in [2.24, 2.45) is 17.6 Å². The maximum absolute atomic E-state index is 11.9. The highest BCUT2D eigenvalue weighted by atomic mass is 16.1. The summed E-state index contributed by atoms with van der Waals surface area (Å²) in [5.74, 6) is 1.96. The molecule has 0 bridgehead atoms. The molecule has 3 rings (SSSR count). The molecule has 0 radical (unpaired) electrons. The Labute approximate surface area is 109 Å². The summed E-state index contributed by atoms with van der Waals surface area (Å²) >= 11 is 0. The lowest BCUT2D eigenvalue weighted by atomic mass is 10.0. The van der Waals surface area contributed by atoms with E-state index in [-0.39, 0.29) is 11.9 Å². The molecule has 4 nitrogen and oxygen atoms in total. The van der Waals surface area contributed by atoms with E-state index in [9.17, 15) is 4.79 Å². The summed E-state index contributed by atoms with van der Waals surface area (Å²) < 4.78 is 0. The number of fused-ring (bicyclic) bond motifs is 1. The molecule has 0 aromatic rings. The Kier molecular flexibility index (Phi) is 3.57. The number of likely N-dealkylation sites (tertiary alicyclic amines) is 1. The molecule has 0 aromatic carbocycles. The molecule has 2 aliphatic carbocycles. The third-order valence-corrected chi connectivity index (χ3v) is 4.91. The molecular weight excluding hydrogens is 226 g/mol. The Bertz CT molecular complexity index is 304. The van der Waals surface area contributed by atoms with E-state index < -0.39 is 0 Å². The van der Waals surface area contributed by atoms with Crippen molar-refractivity contribution in [2.45, 2.75) is 50.6 Å². The minimum Gasteiger partial charge on any atom is -0.353 e. The standard InChI is InChI=1S/C14H25N3O/c15-7-13(6-14(18)16-12-4-5-12)17-8-10-2-1-3-11(10)9-17/h10-13H,1-9,15H2,(H,16,18). The third kappa shape index (κ3) is 2.69. The van der Waals surface area contributed by atoms with Gasteiger partial charge in [-0.25, -0.2) is 0 Å². The van der Waals surface area contributed by atoms with Crippen molar-refractivity contribution < 1.29 is 4.79 Å². The number of nitrogens with two attached hydrogens (primary N) is 1. The van der Waals surface area contributed by atoms with Crippen LogP contribution < -0.4 is 11.1 Å². The quantitative estimate of drug-likeness (QED) is 0.757. The summed E-state index contributed by atoms with van der Waals surface area (Å²) in [6, 6.07) is 0.725. The first-order chi connectivity index (χ1) is 8.76. The van der Waals surface area contributed by atoms with Gasteiger partial charge in [0.05, 0.1) is 0 Å². The number of hydrogen-bond donors (Lipinski definition) is 2. The van der Waals surface area contributed by atoms with Crippen LogP contribution in [0.5, 0.6) is 0 Å². The number of rotatable bonds is 5. The largest absolute Gasteiger partial charge is 0.353 e. The summed E-state index contributed by atoms with van der Waals surface area (Å²) in [7, 11) is 0. The van der Waals surface area contributed by atoms with Crippen LogP contribution in [0, 0.1) is 11.8 Å². The topological polar surface area (TPSA) is 58.4 Å². The zero-order chi connectivity index (χ0) is 12.5. The predicted molar refractivity (Wildman–Crippen MR) is 71.0 cm³/mol. The zero-order valence-corrected chi connectivity index (χ0v) is 11.1. The van der Waals surface area contributed by atoms with Gasteiger partial charge in [0.15, 0.2) is 0 Å².